The van der Waals surface area contributed by atoms with Crippen LogP contribution in [0.1, 0.15) is 45.2 Å². The Balaban J connectivity index is 2.46. The van der Waals surface area contributed by atoms with Gasteiger partial charge in [-0.1, -0.05) is 20.8 Å². The highest BCUT2D eigenvalue weighted by Crippen LogP contribution is 2.15. The summed E-state index contributed by atoms with van der Waals surface area (Å²) < 4.78 is 0. The molecular weight excluding hydrogens is 234 g/mol. The maximum absolute atomic E-state index is 11.6. The second kappa shape index (κ2) is 6.18. The highest BCUT2D eigenvalue weighted by molar-refractivity contribution is 5.90. The highest BCUT2D eigenvalue weighted by Gasteiger charge is 2.14. The van der Waals surface area contributed by atoms with Crippen molar-refractivity contribution in [1.82, 2.24) is 10.2 Å². The van der Waals surface area contributed by atoms with Crippen LogP contribution >= 0.6 is 0 Å². The maximum Gasteiger partial charge on any atom is 0.303 e. The lowest BCUT2D eigenvalue weighted by molar-refractivity contribution is -0.138. The number of H-pyrrole nitrogens is 1. The summed E-state index contributed by atoms with van der Waals surface area (Å²) in [5, 5.41) is 18.1. The third kappa shape index (κ3) is 4.57. The molecule has 0 fully saturated rings. The predicted octanol–water partition coefficient (Wildman–Crippen LogP) is 1.97. The Morgan fingerprint density at radius 1 is 1.39 bits per heavy atom. The lowest BCUT2D eigenvalue weighted by atomic mass is 10.0. The quantitative estimate of drug-likeness (QED) is 0.722. The Kier molecular flexibility index (Phi) is 4.88. The second-order valence-corrected chi connectivity index (χ2v) is 4.82. The van der Waals surface area contributed by atoms with Gasteiger partial charge in [-0.2, -0.15) is 5.10 Å². The number of nitrogens with zero attached hydrogens (tertiary/aromatic N) is 1. The largest absolute Gasteiger partial charge is 0.481 e. The molecule has 1 aromatic heterocycles. The number of carbonyl (C=O) groups excluding carboxylic acids is 1. The van der Waals surface area contributed by atoms with Gasteiger partial charge in [0.2, 0.25) is 5.91 Å². The molecule has 6 heteroatoms. The van der Waals surface area contributed by atoms with Crippen molar-refractivity contribution in [2.45, 2.75) is 39.5 Å². The summed E-state index contributed by atoms with van der Waals surface area (Å²) in [6.45, 7) is 5.78. The summed E-state index contributed by atoms with van der Waals surface area (Å²) in [5.41, 5.74) is 0.948. The number of nitrogens with one attached hydrogen (secondary N) is 2. The molecule has 1 heterocycles. The molecule has 0 aliphatic rings. The van der Waals surface area contributed by atoms with Crippen LogP contribution in [0.3, 0.4) is 0 Å². The molecular formula is C12H19N3O3. The number of carbonyl (C=O) groups is 2. The number of hydrogen-bond donors (Lipinski definition) is 3. The van der Waals surface area contributed by atoms with E-state index in [0.717, 1.165) is 5.69 Å². The molecule has 0 spiro atoms. The highest BCUT2D eigenvalue weighted by atomic mass is 16.4. The van der Waals surface area contributed by atoms with Crippen LogP contribution in [0.2, 0.25) is 0 Å². The van der Waals surface area contributed by atoms with Crippen molar-refractivity contribution >= 4 is 17.7 Å². The average molecular weight is 253 g/mol. The Morgan fingerprint density at radius 2 is 2.06 bits per heavy atom. The molecule has 1 unspecified atom stereocenters. The smallest absolute Gasteiger partial charge is 0.303 e. The van der Waals surface area contributed by atoms with Gasteiger partial charge in [0.1, 0.15) is 0 Å². The van der Waals surface area contributed by atoms with Gasteiger partial charge in [0, 0.05) is 24.6 Å². The number of carboxylic acids is 1. The summed E-state index contributed by atoms with van der Waals surface area (Å²) in [6, 6.07) is 1.78. The van der Waals surface area contributed by atoms with E-state index in [0.29, 0.717) is 11.7 Å². The van der Waals surface area contributed by atoms with E-state index in [1.54, 1.807) is 13.0 Å². The van der Waals surface area contributed by atoms with Gasteiger partial charge in [0.15, 0.2) is 5.82 Å². The Bertz CT molecular complexity index is 426. The van der Waals surface area contributed by atoms with Gasteiger partial charge in [-0.15, -0.1) is 0 Å². The third-order valence-electron chi connectivity index (χ3n) is 2.54. The maximum atomic E-state index is 11.6. The minimum absolute atomic E-state index is 0.00870. The van der Waals surface area contributed by atoms with Crippen LogP contribution in [-0.4, -0.2) is 27.2 Å². The molecule has 1 aromatic rings. The Labute approximate surface area is 106 Å². The van der Waals surface area contributed by atoms with Crippen molar-refractivity contribution in [3.63, 3.8) is 0 Å². The van der Waals surface area contributed by atoms with Crippen LogP contribution in [-0.2, 0) is 9.59 Å². The number of carboxylic acid groups (broad SMARTS) is 1. The molecule has 0 radical (unpaired) electrons. The van der Waals surface area contributed by atoms with Crippen molar-refractivity contribution in [2.75, 3.05) is 5.32 Å². The van der Waals surface area contributed by atoms with E-state index in [9.17, 15) is 9.59 Å². The van der Waals surface area contributed by atoms with Gasteiger partial charge in [-0.3, -0.25) is 14.7 Å². The number of aromatic nitrogens is 2. The molecule has 0 bridgehead atoms. The number of rotatable bonds is 6. The molecule has 18 heavy (non-hydrogen) atoms. The molecule has 100 valence electrons. The van der Waals surface area contributed by atoms with Crippen LogP contribution in [0.15, 0.2) is 6.07 Å². The molecule has 1 rings (SSSR count). The number of hydrogen-bond acceptors (Lipinski definition) is 3. The van der Waals surface area contributed by atoms with Gasteiger partial charge >= 0.3 is 5.97 Å². The van der Waals surface area contributed by atoms with Crippen molar-refractivity contribution in [2.24, 2.45) is 5.92 Å². The van der Waals surface area contributed by atoms with E-state index in [1.807, 2.05) is 13.8 Å². The standard InChI is InChI=1S/C12H19N3O3/c1-7(2)9-6-10(15-14-9)13-11(16)4-8(3)5-12(17)18/h6-8H,4-5H2,1-3H3,(H,17,18)(H2,13,14,15,16). The minimum atomic E-state index is -0.892. The number of aliphatic carboxylic acids is 1. The lowest BCUT2D eigenvalue weighted by Gasteiger charge is -2.07. The molecule has 0 aliphatic heterocycles. The van der Waals surface area contributed by atoms with Gasteiger partial charge < -0.3 is 10.4 Å². The molecule has 0 saturated heterocycles. The Hall–Kier alpha value is -1.85. The van der Waals surface area contributed by atoms with Crippen LogP contribution < -0.4 is 5.32 Å². The second-order valence-electron chi connectivity index (χ2n) is 4.82. The van der Waals surface area contributed by atoms with E-state index in [4.69, 9.17) is 5.11 Å². The average Bonchev–Trinajstić information content (AvgIpc) is 2.63. The van der Waals surface area contributed by atoms with E-state index in [1.165, 1.54) is 0 Å². The zero-order valence-electron chi connectivity index (χ0n) is 10.9. The van der Waals surface area contributed by atoms with Gasteiger partial charge in [-0.25, -0.2) is 0 Å². The van der Waals surface area contributed by atoms with Crippen molar-refractivity contribution in [1.29, 1.82) is 0 Å². The summed E-state index contributed by atoms with van der Waals surface area (Å²) in [7, 11) is 0. The van der Waals surface area contributed by atoms with E-state index < -0.39 is 5.97 Å². The molecule has 3 N–H and O–H groups in total. The third-order valence-corrected chi connectivity index (χ3v) is 2.54. The monoisotopic (exact) mass is 253 g/mol. The fourth-order valence-electron chi connectivity index (χ4n) is 1.58. The summed E-state index contributed by atoms with van der Waals surface area (Å²) >= 11 is 0. The number of amides is 1. The topological polar surface area (TPSA) is 95.1 Å². The summed E-state index contributed by atoms with van der Waals surface area (Å²) in [5.74, 6) is -0.506. The van der Waals surface area contributed by atoms with Crippen molar-refractivity contribution in [3.8, 4) is 0 Å². The minimum Gasteiger partial charge on any atom is -0.481 e. The first-order chi connectivity index (χ1) is 8.38. The SMILES string of the molecule is CC(CC(=O)O)CC(=O)Nc1cc(C(C)C)[nH]n1. The fourth-order valence-corrected chi connectivity index (χ4v) is 1.58. The Morgan fingerprint density at radius 3 is 2.56 bits per heavy atom. The van der Waals surface area contributed by atoms with E-state index in [-0.39, 0.29) is 24.7 Å². The summed E-state index contributed by atoms with van der Waals surface area (Å²) in [6.07, 6.45) is 0.168. The lowest BCUT2D eigenvalue weighted by Crippen LogP contribution is -2.17. The number of anilines is 1. The normalized spacial score (nSPS) is 12.4. The van der Waals surface area contributed by atoms with Crippen LogP contribution in [0, 0.1) is 5.92 Å². The first kappa shape index (κ1) is 14.2. The van der Waals surface area contributed by atoms with Crippen LogP contribution in [0.4, 0.5) is 5.82 Å². The molecule has 0 saturated carbocycles. The molecule has 0 aromatic carbocycles. The summed E-state index contributed by atoms with van der Waals surface area (Å²) in [4.78, 5) is 22.1. The predicted molar refractivity (Wildman–Crippen MR) is 67.3 cm³/mol. The molecule has 1 atom stereocenters. The zero-order chi connectivity index (χ0) is 13.7. The van der Waals surface area contributed by atoms with Gasteiger partial charge in [0.05, 0.1) is 0 Å². The zero-order valence-corrected chi connectivity index (χ0v) is 10.9. The van der Waals surface area contributed by atoms with Crippen LogP contribution in [0.25, 0.3) is 0 Å². The van der Waals surface area contributed by atoms with Crippen molar-refractivity contribution < 1.29 is 14.7 Å². The van der Waals surface area contributed by atoms with E-state index in [2.05, 4.69) is 15.5 Å². The van der Waals surface area contributed by atoms with Gasteiger partial charge in [0.25, 0.3) is 0 Å². The van der Waals surface area contributed by atoms with E-state index >= 15 is 0 Å². The fraction of sp³-hybridized carbons (Fsp3) is 0.583. The molecule has 6 nitrogen and oxygen atoms in total. The molecule has 0 aliphatic carbocycles. The molecule has 1 amide bonds. The first-order valence-electron chi connectivity index (χ1n) is 5.95. The van der Waals surface area contributed by atoms with Crippen LogP contribution in [0.5, 0.6) is 0 Å². The van der Waals surface area contributed by atoms with Gasteiger partial charge in [-0.05, 0) is 11.8 Å². The first-order valence-corrected chi connectivity index (χ1v) is 5.95. The number of aromatic amines is 1. The van der Waals surface area contributed by atoms with Crippen molar-refractivity contribution in [3.05, 3.63) is 11.8 Å².